The van der Waals surface area contributed by atoms with Gasteiger partial charge in [0.15, 0.2) is 0 Å². The molecule has 15 heavy (non-hydrogen) atoms. The van der Waals surface area contributed by atoms with Crippen molar-refractivity contribution in [2.45, 2.75) is 43.9 Å². The Morgan fingerprint density at radius 1 is 1.40 bits per heavy atom. The zero-order chi connectivity index (χ0) is 11.5. The van der Waals surface area contributed by atoms with E-state index in [-0.39, 0.29) is 11.4 Å². The van der Waals surface area contributed by atoms with Crippen LogP contribution in [0.5, 0.6) is 0 Å². The Balaban J connectivity index is 2.84. The Labute approximate surface area is 96.1 Å². The number of aliphatic hydroxyl groups excluding tert-OH is 1. The van der Waals surface area contributed by atoms with Gasteiger partial charge in [-0.2, -0.15) is 0 Å². The minimum absolute atomic E-state index is 0.187. The van der Waals surface area contributed by atoms with E-state index in [1.807, 2.05) is 6.20 Å². The molecule has 1 aromatic heterocycles. The molecule has 0 spiro atoms. The molecular weight excluding hydrogens is 206 g/mol. The number of nitrogens with zero attached hydrogens (tertiary/aromatic N) is 1. The Morgan fingerprint density at radius 3 is 2.53 bits per heavy atom. The highest BCUT2D eigenvalue weighted by molar-refractivity contribution is 8.00. The van der Waals surface area contributed by atoms with Crippen molar-refractivity contribution in [1.82, 2.24) is 4.98 Å². The van der Waals surface area contributed by atoms with E-state index in [1.165, 1.54) is 5.56 Å². The quantitative estimate of drug-likeness (QED) is 0.803. The third kappa shape index (κ3) is 4.22. The van der Waals surface area contributed by atoms with Gasteiger partial charge < -0.3 is 5.11 Å². The highest BCUT2D eigenvalue weighted by Crippen LogP contribution is 2.32. The SMILES string of the molecule is Cc1cc(CCO)cnc1SC(C)(C)C. The molecule has 0 aliphatic rings. The maximum absolute atomic E-state index is 8.83. The second kappa shape index (κ2) is 4.99. The first-order chi connectivity index (χ1) is 6.92. The van der Waals surface area contributed by atoms with Crippen molar-refractivity contribution in [2.24, 2.45) is 0 Å². The van der Waals surface area contributed by atoms with E-state index in [2.05, 4.69) is 38.7 Å². The first-order valence-corrected chi connectivity index (χ1v) is 5.99. The molecule has 0 saturated heterocycles. The predicted octanol–water partition coefficient (Wildman–Crippen LogP) is 2.82. The molecular formula is C12H19NOS. The Bertz CT molecular complexity index is 331. The van der Waals surface area contributed by atoms with Crippen LogP contribution in [-0.2, 0) is 6.42 Å². The number of aliphatic hydroxyl groups is 1. The summed E-state index contributed by atoms with van der Waals surface area (Å²) < 4.78 is 0.191. The van der Waals surface area contributed by atoms with Crippen molar-refractivity contribution in [3.8, 4) is 0 Å². The number of aryl methyl sites for hydroxylation is 1. The van der Waals surface area contributed by atoms with Gasteiger partial charge >= 0.3 is 0 Å². The number of pyridine rings is 1. The molecule has 0 aliphatic carbocycles. The van der Waals surface area contributed by atoms with Crippen molar-refractivity contribution in [1.29, 1.82) is 0 Å². The fourth-order valence-electron chi connectivity index (χ4n) is 1.28. The smallest absolute Gasteiger partial charge is 0.0994 e. The van der Waals surface area contributed by atoms with E-state index in [1.54, 1.807) is 11.8 Å². The van der Waals surface area contributed by atoms with E-state index in [0.29, 0.717) is 6.42 Å². The summed E-state index contributed by atoms with van der Waals surface area (Å²) >= 11 is 1.78. The van der Waals surface area contributed by atoms with Gasteiger partial charge in [-0.25, -0.2) is 4.98 Å². The summed E-state index contributed by atoms with van der Waals surface area (Å²) in [6.45, 7) is 8.80. The zero-order valence-electron chi connectivity index (χ0n) is 9.87. The van der Waals surface area contributed by atoms with Crippen LogP contribution < -0.4 is 0 Å². The molecule has 0 aromatic carbocycles. The van der Waals surface area contributed by atoms with Gasteiger partial charge in [0, 0.05) is 17.6 Å². The van der Waals surface area contributed by atoms with E-state index in [0.717, 1.165) is 10.6 Å². The Morgan fingerprint density at radius 2 is 2.07 bits per heavy atom. The number of hydrogen-bond donors (Lipinski definition) is 1. The highest BCUT2D eigenvalue weighted by atomic mass is 32.2. The standard InChI is InChI=1S/C12H19NOS/c1-9-7-10(5-6-14)8-13-11(9)15-12(2,3)4/h7-8,14H,5-6H2,1-4H3. The van der Waals surface area contributed by atoms with Crippen molar-refractivity contribution in [3.63, 3.8) is 0 Å². The summed E-state index contributed by atoms with van der Waals surface area (Å²) in [5.41, 5.74) is 2.30. The maximum Gasteiger partial charge on any atom is 0.0994 e. The lowest BCUT2D eigenvalue weighted by atomic mass is 10.2. The predicted molar refractivity (Wildman–Crippen MR) is 65.4 cm³/mol. The molecule has 0 radical (unpaired) electrons. The maximum atomic E-state index is 8.83. The highest BCUT2D eigenvalue weighted by Gasteiger charge is 2.14. The van der Waals surface area contributed by atoms with Crippen LogP contribution in [0.25, 0.3) is 0 Å². The van der Waals surface area contributed by atoms with Gasteiger partial charge in [-0.3, -0.25) is 0 Å². The second-order valence-corrected chi connectivity index (χ2v) is 6.47. The molecule has 0 fully saturated rings. The molecule has 0 atom stereocenters. The number of thioether (sulfide) groups is 1. The minimum atomic E-state index is 0.187. The number of rotatable bonds is 3. The summed E-state index contributed by atoms with van der Waals surface area (Å²) in [5.74, 6) is 0. The van der Waals surface area contributed by atoms with E-state index in [4.69, 9.17) is 5.11 Å². The van der Waals surface area contributed by atoms with Gasteiger partial charge in [-0.1, -0.05) is 26.8 Å². The van der Waals surface area contributed by atoms with E-state index < -0.39 is 0 Å². The number of aromatic nitrogens is 1. The van der Waals surface area contributed by atoms with Crippen LogP contribution in [0.4, 0.5) is 0 Å². The molecule has 0 unspecified atom stereocenters. The molecule has 0 saturated carbocycles. The van der Waals surface area contributed by atoms with Crippen LogP contribution in [-0.4, -0.2) is 21.4 Å². The Kier molecular flexibility index (Phi) is 4.17. The van der Waals surface area contributed by atoms with E-state index >= 15 is 0 Å². The molecule has 2 nitrogen and oxygen atoms in total. The number of hydrogen-bond acceptors (Lipinski definition) is 3. The van der Waals surface area contributed by atoms with Crippen LogP contribution in [0, 0.1) is 6.92 Å². The fourth-order valence-corrected chi connectivity index (χ4v) is 2.19. The molecule has 84 valence electrons. The summed E-state index contributed by atoms with van der Waals surface area (Å²) in [6.07, 6.45) is 2.55. The van der Waals surface area contributed by atoms with Crippen LogP contribution >= 0.6 is 11.8 Å². The summed E-state index contributed by atoms with van der Waals surface area (Å²) in [6, 6.07) is 2.11. The first-order valence-electron chi connectivity index (χ1n) is 5.18. The Hall–Kier alpha value is -0.540. The summed E-state index contributed by atoms with van der Waals surface area (Å²) in [7, 11) is 0. The lowest BCUT2D eigenvalue weighted by Gasteiger charge is -2.18. The molecule has 0 bridgehead atoms. The van der Waals surface area contributed by atoms with Gasteiger partial charge in [0.25, 0.3) is 0 Å². The van der Waals surface area contributed by atoms with Gasteiger partial charge in [0.1, 0.15) is 0 Å². The lowest BCUT2D eigenvalue weighted by Crippen LogP contribution is -2.08. The zero-order valence-corrected chi connectivity index (χ0v) is 10.7. The summed E-state index contributed by atoms with van der Waals surface area (Å²) in [4.78, 5) is 4.43. The molecule has 1 aromatic rings. The van der Waals surface area contributed by atoms with Gasteiger partial charge in [0.05, 0.1) is 5.03 Å². The first kappa shape index (κ1) is 12.5. The van der Waals surface area contributed by atoms with E-state index in [9.17, 15) is 0 Å². The monoisotopic (exact) mass is 225 g/mol. The minimum Gasteiger partial charge on any atom is -0.396 e. The topological polar surface area (TPSA) is 33.1 Å². The molecule has 1 heterocycles. The normalized spacial score (nSPS) is 11.8. The summed E-state index contributed by atoms with van der Waals surface area (Å²) in [5, 5.41) is 9.92. The molecule has 1 rings (SSSR count). The third-order valence-corrected chi connectivity index (χ3v) is 3.12. The molecule has 0 aliphatic heterocycles. The van der Waals surface area contributed by atoms with Crippen molar-refractivity contribution >= 4 is 11.8 Å². The molecule has 1 N–H and O–H groups in total. The van der Waals surface area contributed by atoms with Gasteiger partial charge in [-0.05, 0) is 24.5 Å². The lowest BCUT2D eigenvalue weighted by molar-refractivity contribution is 0.299. The van der Waals surface area contributed by atoms with Crippen LogP contribution in [0.1, 0.15) is 31.9 Å². The third-order valence-electron chi connectivity index (χ3n) is 1.89. The van der Waals surface area contributed by atoms with Crippen molar-refractivity contribution in [2.75, 3.05) is 6.61 Å². The van der Waals surface area contributed by atoms with Crippen molar-refractivity contribution in [3.05, 3.63) is 23.4 Å². The largest absolute Gasteiger partial charge is 0.396 e. The van der Waals surface area contributed by atoms with Crippen LogP contribution in [0.2, 0.25) is 0 Å². The average Bonchev–Trinajstić information content (AvgIpc) is 2.08. The van der Waals surface area contributed by atoms with Crippen LogP contribution in [0.3, 0.4) is 0 Å². The average molecular weight is 225 g/mol. The molecule has 0 amide bonds. The van der Waals surface area contributed by atoms with Gasteiger partial charge in [0.2, 0.25) is 0 Å². The fraction of sp³-hybridized carbons (Fsp3) is 0.583. The molecule has 3 heteroatoms. The second-order valence-electron chi connectivity index (χ2n) is 4.65. The van der Waals surface area contributed by atoms with Crippen LogP contribution in [0.15, 0.2) is 17.3 Å². The van der Waals surface area contributed by atoms with Crippen molar-refractivity contribution < 1.29 is 5.11 Å². The van der Waals surface area contributed by atoms with Gasteiger partial charge in [-0.15, -0.1) is 11.8 Å².